The predicted molar refractivity (Wildman–Crippen MR) is 68.6 cm³/mol. The second-order valence-electron chi connectivity index (χ2n) is 4.90. The number of hydrogen-bond acceptors (Lipinski definition) is 5. The molecule has 6 heteroatoms. The summed E-state index contributed by atoms with van der Waals surface area (Å²) in [6.45, 7) is 4.55. The molecule has 0 radical (unpaired) electrons. The number of aliphatic hydroxyl groups excluding tert-OH is 1. The second-order valence-corrected chi connectivity index (χ2v) is 4.90. The molecule has 1 aliphatic heterocycles. The highest BCUT2D eigenvalue weighted by atomic mass is 16.6. The van der Waals surface area contributed by atoms with Crippen LogP contribution in [-0.2, 0) is 6.42 Å². The van der Waals surface area contributed by atoms with Gasteiger partial charge in [-0.3, -0.25) is 10.1 Å². The third-order valence-electron chi connectivity index (χ3n) is 3.14. The zero-order valence-electron chi connectivity index (χ0n) is 11.0. The summed E-state index contributed by atoms with van der Waals surface area (Å²) in [6.07, 6.45) is -0.397. The maximum Gasteiger partial charge on any atom is 0.276 e. The molecule has 2 rings (SSSR count). The Hall–Kier alpha value is -1.82. The molecule has 1 aromatic carbocycles. The normalized spacial score (nSPS) is 15.4. The van der Waals surface area contributed by atoms with Crippen LogP contribution in [0.1, 0.15) is 19.4 Å². The number of ether oxygens (including phenoxy) is 2. The third-order valence-corrected chi connectivity index (χ3v) is 3.14. The fourth-order valence-corrected chi connectivity index (χ4v) is 1.91. The Morgan fingerprint density at radius 3 is 2.42 bits per heavy atom. The molecule has 0 spiro atoms. The molecule has 0 bridgehead atoms. The van der Waals surface area contributed by atoms with Crippen LogP contribution >= 0.6 is 0 Å². The molecule has 1 atom stereocenters. The molecule has 1 N–H and O–H groups in total. The van der Waals surface area contributed by atoms with E-state index in [1.165, 1.54) is 6.07 Å². The monoisotopic (exact) mass is 267 g/mol. The van der Waals surface area contributed by atoms with Gasteiger partial charge in [-0.1, -0.05) is 13.8 Å². The van der Waals surface area contributed by atoms with Gasteiger partial charge in [0, 0.05) is 12.0 Å². The number of nitro groups is 1. The van der Waals surface area contributed by atoms with Gasteiger partial charge >= 0.3 is 0 Å². The highest BCUT2D eigenvalue weighted by Gasteiger charge is 2.24. The first-order chi connectivity index (χ1) is 8.99. The van der Waals surface area contributed by atoms with Gasteiger partial charge in [-0.15, -0.1) is 0 Å². The molecule has 0 amide bonds. The van der Waals surface area contributed by atoms with Crippen molar-refractivity contribution < 1.29 is 19.5 Å². The van der Waals surface area contributed by atoms with Crippen LogP contribution in [0.3, 0.4) is 0 Å². The van der Waals surface area contributed by atoms with E-state index >= 15 is 0 Å². The Morgan fingerprint density at radius 2 is 1.89 bits per heavy atom. The first kappa shape index (κ1) is 13.6. The van der Waals surface area contributed by atoms with Gasteiger partial charge in [0.25, 0.3) is 5.69 Å². The summed E-state index contributed by atoms with van der Waals surface area (Å²) in [5.74, 6) is 0.927. The topological polar surface area (TPSA) is 81.8 Å². The van der Waals surface area contributed by atoms with Crippen LogP contribution in [0.15, 0.2) is 12.1 Å². The Labute approximate surface area is 111 Å². The van der Waals surface area contributed by atoms with Crippen molar-refractivity contribution in [2.75, 3.05) is 13.2 Å². The van der Waals surface area contributed by atoms with Crippen LogP contribution in [0.25, 0.3) is 0 Å². The molecule has 19 heavy (non-hydrogen) atoms. The van der Waals surface area contributed by atoms with Crippen LogP contribution < -0.4 is 9.47 Å². The molecule has 1 aliphatic rings. The quantitative estimate of drug-likeness (QED) is 0.665. The Bertz CT molecular complexity index is 486. The molecule has 104 valence electrons. The zero-order valence-corrected chi connectivity index (χ0v) is 11.0. The summed E-state index contributed by atoms with van der Waals surface area (Å²) in [5, 5.41) is 21.0. The van der Waals surface area contributed by atoms with E-state index in [0.29, 0.717) is 30.3 Å². The Balaban J connectivity index is 2.37. The lowest BCUT2D eigenvalue weighted by molar-refractivity contribution is -0.385. The average molecular weight is 267 g/mol. The fraction of sp³-hybridized carbons (Fsp3) is 0.538. The molecule has 0 aromatic heterocycles. The van der Waals surface area contributed by atoms with Crippen LogP contribution in [0, 0.1) is 16.0 Å². The lowest BCUT2D eigenvalue weighted by atomic mass is 9.97. The van der Waals surface area contributed by atoms with E-state index in [1.54, 1.807) is 6.07 Å². The van der Waals surface area contributed by atoms with Crippen molar-refractivity contribution in [3.63, 3.8) is 0 Å². The van der Waals surface area contributed by atoms with Crippen molar-refractivity contribution in [2.45, 2.75) is 26.4 Å². The summed E-state index contributed by atoms with van der Waals surface area (Å²) < 4.78 is 10.7. The van der Waals surface area contributed by atoms with Crippen molar-refractivity contribution in [3.05, 3.63) is 27.8 Å². The van der Waals surface area contributed by atoms with E-state index in [9.17, 15) is 15.2 Å². The third kappa shape index (κ3) is 2.96. The molecule has 1 heterocycles. The van der Waals surface area contributed by atoms with E-state index in [2.05, 4.69) is 0 Å². The van der Waals surface area contributed by atoms with E-state index in [1.807, 2.05) is 13.8 Å². The molecule has 1 unspecified atom stereocenters. The van der Waals surface area contributed by atoms with Crippen LogP contribution in [0.2, 0.25) is 0 Å². The maximum absolute atomic E-state index is 11.1. The van der Waals surface area contributed by atoms with Crippen LogP contribution in [-0.4, -0.2) is 29.3 Å². The van der Waals surface area contributed by atoms with Gasteiger partial charge in [-0.25, -0.2) is 0 Å². The molecule has 0 fully saturated rings. The van der Waals surface area contributed by atoms with Gasteiger partial charge in [0.05, 0.1) is 17.1 Å². The highest BCUT2D eigenvalue weighted by molar-refractivity contribution is 5.55. The minimum absolute atomic E-state index is 0.0350. The Kier molecular flexibility index (Phi) is 3.90. The smallest absolute Gasteiger partial charge is 0.276 e. The SMILES string of the molecule is CC(C)C(O)Cc1cc2c(cc1[N+](=O)[O-])OCCO2. The van der Waals surface area contributed by atoms with Crippen molar-refractivity contribution in [3.8, 4) is 11.5 Å². The minimum atomic E-state index is -0.624. The fourth-order valence-electron chi connectivity index (χ4n) is 1.91. The van der Waals surface area contributed by atoms with E-state index in [4.69, 9.17) is 9.47 Å². The zero-order chi connectivity index (χ0) is 14.0. The molecular formula is C13H17NO5. The number of nitrogens with zero attached hydrogens (tertiary/aromatic N) is 1. The van der Waals surface area contributed by atoms with Crippen molar-refractivity contribution in [2.24, 2.45) is 5.92 Å². The largest absolute Gasteiger partial charge is 0.486 e. The van der Waals surface area contributed by atoms with Crippen molar-refractivity contribution >= 4 is 5.69 Å². The molecule has 1 aromatic rings. The molecule has 6 nitrogen and oxygen atoms in total. The van der Waals surface area contributed by atoms with Gasteiger partial charge in [0.2, 0.25) is 0 Å². The summed E-state index contributed by atoms with van der Waals surface area (Å²) in [7, 11) is 0. The number of nitro benzene ring substituents is 1. The number of rotatable bonds is 4. The predicted octanol–water partition coefficient (Wildman–Crippen LogP) is 1.93. The Morgan fingerprint density at radius 1 is 1.32 bits per heavy atom. The summed E-state index contributed by atoms with van der Waals surface area (Å²) in [4.78, 5) is 10.6. The van der Waals surface area contributed by atoms with Crippen molar-refractivity contribution in [1.82, 2.24) is 0 Å². The summed E-state index contributed by atoms with van der Waals surface area (Å²) in [6, 6.07) is 2.97. The molecule has 0 saturated carbocycles. The molecule has 0 aliphatic carbocycles. The second kappa shape index (κ2) is 5.44. The number of aliphatic hydroxyl groups is 1. The van der Waals surface area contributed by atoms with Gasteiger partial charge < -0.3 is 14.6 Å². The van der Waals surface area contributed by atoms with Gasteiger partial charge in [-0.2, -0.15) is 0 Å². The van der Waals surface area contributed by atoms with Gasteiger partial charge in [-0.05, 0) is 12.0 Å². The minimum Gasteiger partial charge on any atom is -0.486 e. The number of hydrogen-bond donors (Lipinski definition) is 1. The maximum atomic E-state index is 11.1. The van der Waals surface area contributed by atoms with E-state index in [-0.39, 0.29) is 18.0 Å². The van der Waals surface area contributed by atoms with Crippen molar-refractivity contribution in [1.29, 1.82) is 0 Å². The van der Waals surface area contributed by atoms with Crippen LogP contribution in [0.4, 0.5) is 5.69 Å². The number of fused-ring (bicyclic) bond motifs is 1. The first-order valence-corrected chi connectivity index (χ1v) is 6.24. The highest BCUT2D eigenvalue weighted by Crippen LogP contribution is 2.37. The molecule has 0 saturated heterocycles. The first-order valence-electron chi connectivity index (χ1n) is 6.24. The summed E-state index contributed by atoms with van der Waals surface area (Å²) >= 11 is 0. The lowest BCUT2D eigenvalue weighted by Gasteiger charge is -2.20. The average Bonchev–Trinajstić information content (AvgIpc) is 2.37. The lowest BCUT2D eigenvalue weighted by Crippen LogP contribution is -2.20. The van der Waals surface area contributed by atoms with Gasteiger partial charge in [0.15, 0.2) is 11.5 Å². The summed E-state index contributed by atoms with van der Waals surface area (Å²) in [5.41, 5.74) is 0.430. The van der Waals surface area contributed by atoms with Crippen LogP contribution in [0.5, 0.6) is 11.5 Å². The standard InChI is InChI=1S/C13H17NO5/c1-8(2)11(15)5-9-6-12-13(19-4-3-18-12)7-10(9)14(16)17/h6-8,11,15H,3-5H2,1-2H3. The molecular weight excluding hydrogens is 250 g/mol. The number of benzene rings is 1. The van der Waals surface area contributed by atoms with E-state index < -0.39 is 11.0 Å². The van der Waals surface area contributed by atoms with E-state index in [0.717, 1.165) is 0 Å². The van der Waals surface area contributed by atoms with Gasteiger partial charge in [0.1, 0.15) is 13.2 Å².